The van der Waals surface area contributed by atoms with Crippen molar-refractivity contribution < 1.29 is 14.7 Å². The summed E-state index contributed by atoms with van der Waals surface area (Å²) in [6.07, 6.45) is 0.630. The lowest BCUT2D eigenvalue weighted by atomic mass is 10.1. The third-order valence-corrected chi connectivity index (χ3v) is 4.08. The quantitative estimate of drug-likeness (QED) is 0.650. The molecule has 25 heavy (non-hydrogen) atoms. The van der Waals surface area contributed by atoms with Gasteiger partial charge >= 0.3 is 6.09 Å². The van der Waals surface area contributed by atoms with Crippen LogP contribution in [0.25, 0.3) is 22.5 Å². The lowest BCUT2D eigenvalue weighted by Crippen LogP contribution is -2.31. The van der Waals surface area contributed by atoms with Gasteiger partial charge in [-0.1, -0.05) is 18.2 Å². The zero-order valence-electron chi connectivity index (χ0n) is 13.3. The molecule has 0 aliphatic heterocycles. The molecule has 0 fully saturated rings. The monoisotopic (exact) mass is 357 g/mol. The average molecular weight is 357 g/mol. The smallest absolute Gasteiger partial charge is 0.405 e. The van der Waals surface area contributed by atoms with Crippen LogP contribution in [-0.4, -0.2) is 38.4 Å². The SMILES string of the molecule is Cn1ccc(-c2cccc(-c3csc(NC(=O)CNC(=O)O)n3)c2)n1. The molecule has 3 N–H and O–H groups in total. The van der Waals surface area contributed by atoms with E-state index in [1.165, 1.54) is 11.3 Å². The molecule has 0 unspecified atom stereocenters. The second-order valence-electron chi connectivity index (χ2n) is 5.20. The molecule has 0 atom stereocenters. The molecule has 1 aromatic carbocycles. The van der Waals surface area contributed by atoms with Gasteiger partial charge in [0.2, 0.25) is 5.91 Å². The zero-order chi connectivity index (χ0) is 17.8. The van der Waals surface area contributed by atoms with Crippen molar-refractivity contribution in [1.29, 1.82) is 0 Å². The summed E-state index contributed by atoms with van der Waals surface area (Å²) in [6.45, 7) is -0.320. The Morgan fingerprint density at radius 3 is 2.68 bits per heavy atom. The predicted octanol–water partition coefficient (Wildman–Crippen LogP) is 2.42. The van der Waals surface area contributed by atoms with Gasteiger partial charge in [0.15, 0.2) is 5.13 Å². The first-order valence-electron chi connectivity index (χ1n) is 7.34. The Morgan fingerprint density at radius 2 is 2.00 bits per heavy atom. The van der Waals surface area contributed by atoms with Crippen LogP contribution in [0, 0.1) is 0 Å². The van der Waals surface area contributed by atoms with Gasteiger partial charge in [-0.25, -0.2) is 9.78 Å². The molecular weight excluding hydrogens is 342 g/mol. The van der Waals surface area contributed by atoms with Crippen LogP contribution in [-0.2, 0) is 11.8 Å². The molecule has 9 heteroatoms. The highest BCUT2D eigenvalue weighted by Gasteiger charge is 2.10. The second-order valence-corrected chi connectivity index (χ2v) is 6.06. The number of nitrogens with zero attached hydrogens (tertiary/aromatic N) is 3. The van der Waals surface area contributed by atoms with Crippen LogP contribution in [0.2, 0.25) is 0 Å². The maximum atomic E-state index is 11.6. The van der Waals surface area contributed by atoms with Crippen LogP contribution < -0.4 is 10.6 Å². The third kappa shape index (κ3) is 4.21. The Kier molecular flexibility index (Phi) is 4.75. The highest BCUT2D eigenvalue weighted by Crippen LogP contribution is 2.28. The third-order valence-electron chi connectivity index (χ3n) is 3.32. The Bertz CT molecular complexity index is 918. The summed E-state index contributed by atoms with van der Waals surface area (Å²) in [4.78, 5) is 26.4. The molecule has 3 rings (SSSR count). The maximum absolute atomic E-state index is 11.6. The van der Waals surface area contributed by atoms with Gasteiger partial charge in [-0.15, -0.1) is 11.3 Å². The van der Waals surface area contributed by atoms with Gasteiger partial charge in [0.25, 0.3) is 0 Å². The number of aromatic nitrogens is 3. The number of rotatable bonds is 5. The van der Waals surface area contributed by atoms with E-state index in [1.807, 2.05) is 54.3 Å². The van der Waals surface area contributed by atoms with Gasteiger partial charge in [-0.2, -0.15) is 5.10 Å². The number of thiazole rings is 1. The van der Waals surface area contributed by atoms with E-state index >= 15 is 0 Å². The van der Waals surface area contributed by atoms with Crippen molar-refractivity contribution in [2.45, 2.75) is 0 Å². The zero-order valence-corrected chi connectivity index (χ0v) is 14.1. The van der Waals surface area contributed by atoms with Crippen LogP contribution in [0.15, 0.2) is 41.9 Å². The largest absolute Gasteiger partial charge is 0.465 e. The topological polar surface area (TPSA) is 109 Å². The number of hydrogen-bond acceptors (Lipinski definition) is 5. The van der Waals surface area contributed by atoms with Crippen LogP contribution in [0.5, 0.6) is 0 Å². The molecule has 0 spiro atoms. The molecule has 0 aliphatic carbocycles. The van der Waals surface area contributed by atoms with E-state index < -0.39 is 12.0 Å². The maximum Gasteiger partial charge on any atom is 0.405 e. The van der Waals surface area contributed by atoms with Crippen molar-refractivity contribution in [1.82, 2.24) is 20.1 Å². The first-order chi connectivity index (χ1) is 12.0. The van der Waals surface area contributed by atoms with E-state index in [-0.39, 0.29) is 6.54 Å². The highest BCUT2D eigenvalue weighted by molar-refractivity contribution is 7.14. The summed E-state index contributed by atoms with van der Waals surface area (Å²) >= 11 is 1.27. The Hall–Kier alpha value is -3.20. The van der Waals surface area contributed by atoms with Crippen molar-refractivity contribution >= 4 is 28.5 Å². The summed E-state index contributed by atoms with van der Waals surface area (Å²) in [5, 5.41) is 19.7. The van der Waals surface area contributed by atoms with Crippen LogP contribution >= 0.6 is 11.3 Å². The van der Waals surface area contributed by atoms with Crippen molar-refractivity contribution in [3.63, 3.8) is 0 Å². The van der Waals surface area contributed by atoms with Crippen LogP contribution in [0.1, 0.15) is 0 Å². The summed E-state index contributed by atoms with van der Waals surface area (Å²) in [7, 11) is 1.86. The first-order valence-corrected chi connectivity index (χ1v) is 8.22. The minimum Gasteiger partial charge on any atom is -0.465 e. The Morgan fingerprint density at radius 1 is 1.24 bits per heavy atom. The number of hydrogen-bond donors (Lipinski definition) is 3. The Balaban J connectivity index is 1.74. The van der Waals surface area contributed by atoms with Gasteiger partial charge in [-0.3, -0.25) is 9.48 Å². The lowest BCUT2D eigenvalue weighted by Gasteiger charge is -2.02. The fourth-order valence-electron chi connectivity index (χ4n) is 2.19. The van der Waals surface area contributed by atoms with E-state index in [4.69, 9.17) is 5.11 Å². The molecule has 0 saturated heterocycles. The van der Waals surface area contributed by atoms with E-state index in [0.717, 1.165) is 22.5 Å². The van der Waals surface area contributed by atoms with E-state index in [1.54, 1.807) is 4.68 Å². The standard InChI is InChI=1S/C16H15N5O3S/c1-21-6-5-12(20-21)10-3-2-4-11(7-10)13-9-25-15(18-13)19-14(22)8-17-16(23)24/h2-7,9,17H,8H2,1H3,(H,23,24)(H,18,19,22). The normalized spacial score (nSPS) is 10.4. The number of nitrogens with one attached hydrogen (secondary N) is 2. The molecule has 0 bridgehead atoms. The molecule has 0 saturated carbocycles. The van der Waals surface area contributed by atoms with Gasteiger partial charge in [0.05, 0.1) is 11.4 Å². The predicted molar refractivity (Wildman–Crippen MR) is 94.4 cm³/mol. The number of carbonyl (C=O) groups is 2. The number of benzene rings is 1. The fourth-order valence-corrected chi connectivity index (χ4v) is 2.93. The molecule has 8 nitrogen and oxygen atoms in total. The molecule has 3 aromatic rings. The Labute approximate surface area is 147 Å². The minimum atomic E-state index is -1.25. The molecule has 2 heterocycles. The number of carboxylic acid groups (broad SMARTS) is 1. The van der Waals surface area contributed by atoms with Gasteiger partial charge in [0.1, 0.15) is 6.54 Å². The molecule has 2 amide bonds. The summed E-state index contributed by atoms with van der Waals surface area (Å²) in [5.41, 5.74) is 3.48. The summed E-state index contributed by atoms with van der Waals surface area (Å²) < 4.78 is 1.74. The van der Waals surface area contributed by atoms with E-state index in [0.29, 0.717) is 5.13 Å². The van der Waals surface area contributed by atoms with E-state index in [9.17, 15) is 9.59 Å². The van der Waals surface area contributed by atoms with Crippen LogP contribution in [0.4, 0.5) is 9.93 Å². The lowest BCUT2D eigenvalue weighted by molar-refractivity contribution is -0.115. The molecular formula is C16H15N5O3S. The van der Waals surface area contributed by atoms with Crippen molar-refractivity contribution in [2.24, 2.45) is 7.05 Å². The molecule has 0 radical (unpaired) electrons. The number of aryl methyl sites for hydroxylation is 1. The number of carbonyl (C=O) groups excluding carboxylic acids is 1. The van der Waals surface area contributed by atoms with Gasteiger partial charge in [-0.05, 0) is 12.1 Å². The van der Waals surface area contributed by atoms with Gasteiger partial charge < -0.3 is 15.7 Å². The summed E-state index contributed by atoms with van der Waals surface area (Å²) in [5.74, 6) is -0.467. The first kappa shape index (κ1) is 16.7. The van der Waals surface area contributed by atoms with Crippen LogP contribution in [0.3, 0.4) is 0 Å². The summed E-state index contributed by atoms with van der Waals surface area (Å²) in [6, 6.07) is 9.74. The fraction of sp³-hybridized carbons (Fsp3) is 0.125. The molecule has 128 valence electrons. The van der Waals surface area contributed by atoms with Gasteiger partial charge in [0, 0.05) is 29.8 Å². The molecule has 2 aromatic heterocycles. The van der Waals surface area contributed by atoms with Crippen molar-refractivity contribution in [3.8, 4) is 22.5 Å². The minimum absolute atomic E-state index is 0.320. The molecule has 0 aliphatic rings. The average Bonchev–Trinajstić information content (AvgIpc) is 3.22. The van der Waals surface area contributed by atoms with E-state index in [2.05, 4.69) is 15.4 Å². The van der Waals surface area contributed by atoms with Crippen molar-refractivity contribution in [2.75, 3.05) is 11.9 Å². The van der Waals surface area contributed by atoms with Crippen molar-refractivity contribution in [3.05, 3.63) is 41.9 Å². The number of anilines is 1. The highest BCUT2D eigenvalue weighted by atomic mass is 32.1. The second kappa shape index (κ2) is 7.14. The number of amides is 2.